The van der Waals surface area contributed by atoms with Gasteiger partial charge in [0.1, 0.15) is 18.2 Å². The number of anilines is 1. The van der Waals surface area contributed by atoms with Gasteiger partial charge in [0.2, 0.25) is 0 Å². The van der Waals surface area contributed by atoms with E-state index in [2.05, 4.69) is 23.6 Å². The number of aryl methyl sites for hydroxylation is 2. The summed E-state index contributed by atoms with van der Waals surface area (Å²) in [4.78, 5) is 4.47. The fraction of sp³-hybridized carbons (Fsp3) is 0.478. The molecule has 1 aliphatic rings. The first-order chi connectivity index (χ1) is 14.0. The van der Waals surface area contributed by atoms with Gasteiger partial charge in [-0.3, -0.25) is 4.90 Å². The zero-order valence-corrected chi connectivity index (χ0v) is 17.3. The number of aliphatic hydroxyl groups is 1. The minimum atomic E-state index is -0.519. The lowest BCUT2D eigenvalue weighted by atomic mass is 10.1. The topological polar surface area (TPSA) is 45.2 Å². The van der Waals surface area contributed by atoms with Crippen molar-refractivity contribution in [3.63, 3.8) is 0 Å². The molecule has 0 bridgehead atoms. The lowest BCUT2D eigenvalue weighted by molar-refractivity contribution is 0.00718. The second-order valence-electron chi connectivity index (χ2n) is 7.59. The Bertz CT molecular complexity index is 761. The number of hydrogen-bond donors (Lipinski definition) is 1. The van der Waals surface area contributed by atoms with E-state index in [1.165, 1.54) is 23.3 Å². The van der Waals surface area contributed by atoms with Gasteiger partial charge in [0.15, 0.2) is 0 Å². The van der Waals surface area contributed by atoms with Gasteiger partial charge in [-0.15, -0.1) is 0 Å². The molecular formula is C23H31FN2O3. The number of piperazine rings is 1. The van der Waals surface area contributed by atoms with E-state index < -0.39 is 6.10 Å². The van der Waals surface area contributed by atoms with Crippen molar-refractivity contribution in [2.24, 2.45) is 0 Å². The van der Waals surface area contributed by atoms with Crippen LogP contribution < -0.4 is 9.64 Å². The second kappa shape index (κ2) is 10.6. The van der Waals surface area contributed by atoms with Crippen LogP contribution in [0.2, 0.25) is 0 Å². The van der Waals surface area contributed by atoms with Crippen LogP contribution in [0.3, 0.4) is 0 Å². The molecule has 0 amide bonds. The molecule has 1 atom stereocenters. The van der Waals surface area contributed by atoms with Gasteiger partial charge < -0.3 is 19.5 Å². The SMILES string of the molecule is Cc1ccc(OCCOC[C@@H](O)CN2CCN(c3ccc(F)cc3)CC2)cc1C. The third-order valence-electron chi connectivity index (χ3n) is 5.32. The van der Waals surface area contributed by atoms with Crippen LogP contribution in [0.5, 0.6) is 5.75 Å². The highest BCUT2D eigenvalue weighted by molar-refractivity contribution is 5.46. The van der Waals surface area contributed by atoms with E-state index in [4.69, 9.17) is 9.47 Å². The van der Waals surface area contributed by atoms with Crippen LogP contribution in [0.15, 0.2) is 42.5 Å². The molecule has 2 aromatic rings. The second-order valence-corrected chi connectivity index (χ2v) is 7.59. The highest BCUT2D eigenvalue weighted by Gasteiger charge is 2.19. The molecule has 1 aliphatic heterocycles. The van der Waals surface area contributed by atoms with Crippen LogP contribution in [0.4, 0.5) is 10.1 Å². The van der Waals surface area contributed by atoms with E-state index in [0.717, 1.165) is 37.6 Å². The maximum absolute atomic E-state index is 13.1. The quantitative estimate of drug-likeness (QED) is 0.654. The summed E-state index contributed by atoms with van der Waals surface area (Å²) in [5, 5.41) is 10.2. The summed E-state index contributed by atoms with van der Waals surface area (Å²) >= 11 is 0. The standard InChI is InChI=1S/C23H31FN2O3/c1-18-3-8-23(15-19(18)2)29-14-13-28-17-22(27)16-25-9-11-26(12-10-25)21-6-4-20(24)5-7-21/h3-8,15,22,27H,9-14,16-17H2,1-2H3/t22-/m0/s1. The van der Waals surface area contributed by atoms with E-state index in [9.17, 15) is 9.50 Å². The molecule has 158 valence electrons. The zero-order valence-electron chi connectivity index (χ0n) is 17.3. The van der Waals surface area contributed by atoms with Gasteiger partial charge >= 0.3 is 0 Å². The minimum absolute atomic E-state index is 0.213. The monoisotopic (exact) mass is 402 g/mol. The summed E-state index contributed by atoms with van der Waals surface area (Å²) in [6.07, 6.45) is -0.519. The lowest BCUT2D eigenvalue weighted by Crippen LogP contribution is -2.49. The smallest absolute Gasteiger partial charge is 0.123 e. The molecule has 0 radical (unpaired) electrons. The number of β-amino-alcohol motifs (C(OH)–C–C–N with tert-alkyl or cyclic N) is 1. The first-order valence-corrected chi connectivity index (χ1v) is 10.2. The molecule has 6 heteroatoms. The van der Waals surface area contributed by atoms with Crippen molar-refractivity contribution < 1.29 is 19.0 Å². The average molecular weight is 403 g/mol. The Morgan fingerprint density at radius 2 is 1.69 bits per heavy atom. The molecule has 2 aromatic carbocycles. The predicted octanol–water partition coefficient (Wildman–Crippen LogP) is 3.02. The first kappa shape index (κ1) is 21.6. The van der Waals surface area contributed by atoms with E-state index >= 15 is 0 Å². The fourth-order valence-electron chi connectivity index (χ4n) is 3.43. The Morgan fingerprint density at radius 3 is 2.38 bits per heavy atom. The van der Waals surface area contributed by atoms with Gasteiger partial charge in [-0.1, -0.05) is 6.07 Å². The maximum atomic E-state index is 13.1. The third kappa shape index (κ3) is 6.70. The Balaban J connectivity index is 1.28. The van der Waals surface area contributed by atoms with Gasteiger partial charge in [-0.2, -0.15) is 0 Å². The number of nitrogens with zero attached hydrogens (tertiary/aromatic N) is 2. The highest BCUT2D eigenvalue weighted by Crippen LogP contribution is 2.17. The molecule has 1 saturated heterocycles. The molecule has 1 fully saturated rings. The van der Waals surface area contributed by atoms with Crippen LogP contribution >= 0.6 is 0 Å². The van der Waals surface area contributed by atoms with Gasteiger partial charge in [0.05, 0.1) is 19.3 Å². The molecule has 1 N–H and O–H groups in total. The summed E-state index contributed by atoms with van der Waals surface area (Å²) in [7, 11) is 0. The van der Waals surface area contributed by atoms with Gasteiger partial charge in [0, 0.05) is 38.4 Å². The number of halogens is 1. The van der Waals surface area contributed by atoms with Crippen molar-refractivity contribution in [3.05, 3.63) is 59.4 Å². The number of rotatable bonds is 9. The van der Waals surface area contributed by atoms with E-state index in [1.807, 2.05) is 30.3 Å². The van der Waals surface area contributed by atoms with Crippen molar-refractivity contribution >= 4 is 5.69 Å². The molecular weight excluding hydrogens is 371 g/mol. The van der Waals surface area contributed by atoms with Gasteiger partial charge in [0.25, 0.3) is 0 Å². The largest absolute Gasteiger partial charge is 0.491 e. The highest BCUT2D eigenvalue weighted by atomic mass is 19.1. The number of aliphatic hydroxyl groups excluding tert-OH is 1. The molecule has 1 heterocycles. The molecule has 0 unspecified atom stereocenters. The fourth-order valence-corrected chi connectivity index (χ4v) is 3.43. The Hall–Kier alpha value is -2.15. The van der Waals surface area contributed by atoms with Crippen molar-refractivity contribution in [3.8, 4) is 5.75 Å². The number of benzene rings is 2. The van der Waals surface area contributed by atoms with Crippen molar-refractivity contribution in [2.75, 3.05) is 57.4 Å². The summed E-state index contributed by atoms with van der Waals surface area (Å²) in [6.45, 7) is 9.40. The van der Waals surface area contributed by atoms with Crippen LogP contribution in [-0.4, -0.2) is 68.7 Å². The summed E-state index contributed by atoms with van der Waals surface area (Å²) in [5.74, 6) is 0.631. The maximum Gasteiger partial charge on any atom is 0.123 e. The summed E-state index contributed by atoms with van der Waals surface area (Å²) in [6, 6.07) is 12.6. The van der Waals surface area contributed by atoms with Gasteiger partial charge in [-0.05, 0) is 61.4 Å². The number of ether oxygens (including phenoxy) is 2. The number of hydrogen-bond acceptors (Lipinski definition) is 5. The van der Waals surface area contributed by atoms with Crippen molar-refractivity contribution in [1.82, 2.24) is 4.90 Å². The molecule has 0 aromatic heterocycles. The Morgan fingerprint density at radius 1 is 0.966 bits per heavy atom. The molecule has 29 heavy (non-hydrogen) atoms. The summed E-state index contributed by atoms with van der Waals surface area (Å²) < 4.78 is 24.3. The van der Waals surface area contributed by atoms with Crippen molar-refractivity contribution in [1.29, 1.82) is 0 Å². The molecule has 0 saturated carbocycles. The molecule has 0 aliphatic carbocycles. The predicted molar refractivity (Wildman–Crippen MR) is 113 cm³/mol. The molecule has 0 spiro atoms. The average Bonchev–Trinajstić information content (AvgIpc) is 2.71. The lowest BCUT2D eigenvalue weighted by Gasteiger charge is -2.36. The first-order valence-electron chi connectivity index (χ1n) is 10.2. The van der Waals surface area contributed by atoms with Gasteiger partial charge in [-0.25, -0.2) is 4.39 Å². The van der Waals surface area contributed by atoms with Crippen LogP contribution in [0.25, 0.3) is 0 Å². The zero-order chi connectivity index (χ0) is 20.6. The van der Waals surface area contributed by atoms with Crippen LogP contribution in [0, 0.1) is 19.7 Å². The van der Waals surface area contributed by atoms with Crippen LogP contribution in [-0.2, 0) is 4.74 Å². The van der Waals surface area contributed by atoms with Crippen LogP contribution in [0.1, 0.15) is 11.1 Å². The molecule has 5 nitrogen and oxygen atoms in total. The summed E-state index contributed by atoms with van der Waals surface area (Å²) in [5.41, 5.74) is 3.49. The van der Waals surface area contributed by atoms with E-state index in [-0.39, 0.29) is 5.82 Å². The molecule has 3 rings (SSSR count). The van der Waals surface area contributed by atoms with E-state index in [0.29, 0.717) is 26.4 Å². The normalized spacial score (nSPS) is 16.1. The minimum Gasteiger partial charge on any atom is -0.491 e. The van der Waals surface area contributed by atoms with E-state index in [1.54, 1.807) is 0 Å². The third-order valence-corrected chi connectivity index (χ3v) is 5.32. The Kier molecular flexibility index (Phi) is 7.86. The van der Waals surface area contributed by atoms with Crippen molar-refractivity contribution in [2.45, 2.75) is 20.0 Å². The Labute approximate surface area is 172 Å².